The molecule has 1 aromatic heterocycles. The van der Waals surface area contributed by atoms with Crippen molar-refractivity contribution in [1.82, 2.24) is 4.98 Å². The van der Waals surface area contributed by atoms with Crippen LogP contribution in [0.3, 0.4) is 0 Å². The third-order valence-corrected chi connectivity index (χ3v) is 2.70. The maximum Gasteiger partial charge on any atom is 0.416 e. The minimum absolute atomic E-state index is 0.492. The minimum Gasteiger partial charge on any atom is -0.253 e. The third kappa shape index (κ3) is 2.53. The van der Waals surface area contributed by atoms with Crippen molar-refractivity contribution < 1.29 is 13.2 Å². The van der Waals surface area contributed by atoms with Crippen LogP contribution in [0.25, 0.3) is 11.3 Å². The van der Waals surface area contributed by atoms with Gasteiger partial charge in [0.25, 0.3) is 0 Å². The largest absolute Gasteiger partial charge is 0.416 e. The maximum atomic E-state index is 12.6. The summed E-state index contributed by atoms with van der Waals surface area (Å²) in [6.07, 6.45) is -4.33. The molecule has 4 heteroatoms. The maximum absolute atomic E-state index is 12.6. The van der Waals surface area contributed by atoms with Crippen LogP contribution in [-0.4, -0.2) is 4.98 Å². The van der Waals surface area contributed by atoms with Crippen molar-refractivity contribution in [2.75, 3.05) is 0 Å². The Labute approximate surface area is 103 Å². The van der Waals surface area contributed by atoms with E-state index < -0.39 is 11.7 Å². The van der Waals surface area contributed by atoms with Crippen LogP contribution in [0, 0.1) is 13.8 Å². The van der Waals surface area contributed by atoms with Gasteiger partial charge in [-0.15, -0.1) is 0 Å². The molecule has 1 aromatic carbocycles. The van der Waals surface area contributed by atoms with Crippen LogP contribution in [0.5, 0.6) is 0 Å². The molecule has 2 aromatic rings. The molecule has 0 bridgehead atoms. The zero-order valence-corrected chi connectivity index (χ0v) is 10.0. The standard InChI is InChI=1S/C14H12F3N/c1-9-6-7-10(2)18-13(9)11-4-3-5-12(8-11)14(15,16)17/h3-8H,1-2H3. The van der Waals surface area contributed by atoms with Crippen molar-refractivity contribution in [3.63, 3.8) is 0 Å². The van der Waals surface area contributed by atoms with Crippen LogP contribution in [0.15, 0.2) is 36.4 Å². The van der Waals surface area contributed by atoms with Crippen molar-refractivity contribution >= 4 is 0 Å². The van der Waals surface area contributed by atoms with Gasteiger partial charge in [0.05, 0.1) is 11.3 Å². The topological polar surface area (TPSA) is 12.9 Å². The molecule has 94 valence electrons. The van der Waals surface area contributed by atoms with Gasteiger partial charge in [-0.25, -0.2) is 0 Å². The molecule has 0 fully saturated rings. The van der Waals surface area contributed by atoms with E-state index >= 15 is 0 Å². The molecule has 0 saturated carbocycles. The van der Waals surface area contributed by atoms with E-state index in [1.54, 1.807) is 6.07 Å². The predicted octanol–water partition coefficient (Wildman–Crippen LogP) is 4.38. The van der Waals surface area contributed by atoms with Crippen molar-refractivity contribution in [2.45, 2.75) is 20.0 Å². The lowest BCUT2D eigenvalue weighted by molar-refractivity contribution is -0.137. The van der Waals surface area contributed by atoms with Crippen LogP contribution in [-0.2, 0) is 6.18 Å². The second-order valence-electron chi connectivity index (χ2n) is 4.20. The highest BCUT2D eigenvalue weighted by atomic mass is 19.4. The fourth-order valence-electron chi connectivity index (χ4n) is 1.76. The number of rotatable bonds is 1. The van der Waals surface area contributed by atoms with Crippen LogP contribution in [0.2, 0.25) is 0 Å². The Morgan fingerprint density at radius 3 is 2.39 bits per heavy atom. The van der Waals surface area contributed by atoms with Gasteiger partial charge in [-0.1, -0.05) is 18.2 Å². The van der Waals surface area contributed by atoms with E-state index in [-0.39, 0.29) is 0 Å². The Bertz CT molecular complexity index is 573. The Balaban J connectivity index is 2.55. The van der Waals surface area contributed by atoms with Crippen molar-refractivity contribution in [3.05, 3.63) is 53.2 Å². The number of pyridine rings is 1. The number of hydrogen-bond donors (Lipinski definition) is 0. The normalized spacial score (nSPS) is 11.6. The lowest BCUT2D eigenvalue weighted by atomic mass is 10.0. The Kier molecular flexibility index (Phi) is 3.11. The summed E-state index contributed by atoms with van der Waals surface area (Å²) >= 11 is 0. The van der Waals surface area contributed by atoms with E-state index in [4.69, 9.17) is 0 Å². The second-order valence-corrected chi connectivity index (χ2v) is 4.20. The average Bonchev–Trinajstić information content (AvgIpc) is 2.31. The molecule has 0 aliphatic heterocycles. The van der Waals surface area contributed by atoms with Crippen molar-refractivity contribution in [1.29, 1.82) is 0 Å². The highest BCUT2D eigenvalue weighted by Crippen LogP contribution is 2.32. The number of aryl methyl sites for hydroxylation is 2. The summed E-state index contributed by atoms with van der Waals surface area (Å²) in [6, 6.07) is 8.94. The summed E-state index contributed by atoms with van der Waals surface area (Å²) in [5, 5.41) is 0. The van der Waals surface area contributed by atoms with E-state index in [9.17, 15) is 13.2 Å². The molecule has 0 aliphatic rings. The van der Waals surface area contributed by atoms with Crippen molar-refractivity contribution in [2.24, 2.45) is 0 Å². The lowest BCUT2D eigenvalue weighted by Gasteiger charge is -2.10. The van der Waals surface area contributed by atoms with Crippen LogP contribution >= 0.6 is 0 Å². The summed E-state index contributed by atoms with van der Waals surface area (Å²) in [7, 11) is 0. The van der Waals surface area contributed by atoms with Gasteiger partial charge in [-0.2, -0.15) is 13.2 Å². The fraction of sp³-hybridized carbons (Fsp3) is 0.214. The van der Waals surface area contributed by atoms with Gasteiger partial charge in [0.1, 0.15) is 0 Å². The van der Waals surface area contributed by atoms with E-state index in [0.717, 1.165) is 23.4 Å². The first kappa shape index (κ1) is 12.6. The summed E-state index contributed by atoms with van der Waals surface area (Å²) in [5.41, 5.74) is 2.09. The monoisotopic (exact) mass is 251 g/mol. The van der Waals surface area contributed by atoms with Gasteiger partial charge in [0, 0.05) is 11.3 Å². The predicted molar refractivity (Wildman–Crippen MR) is 64.1 cm³/mol. The molecule has 0 N–H and O–H groups in total. The van der Waals surface area contributed by atoms with Crippen LogP contribution in [0.1, 0.15) is 16.8 Å². The first-order chi connectivity index (χ1) is 8.38. The van der Waals surface area contributed by atoms with Crippen LogP contribution < -0.4 is 0 Å². The zero-order chi connectivity index (χ0) is 13.3. The molecular weight excluding hydrogens is 239 g/mol. The lowest BCUT2D eigenvalue weighted by Crippen LogP contribution is -2.04. The number of aromatic nitrogens is 1. The molecule has 0 radical (unpaired) electrons. The SMILES string of the molecule is Cc1ccc(C)c(-c2cccc(C(F)(F)F)c2)n1. The first-order valence-electron chi connectivity index (χ1n) is 5.50. The fourth-order valence-corrected chi connectivity index (χ4v) is 1.76. The molecule has 18 heavy (non-hydrogen) atoms. The molecular formula is C14H12F3N. The second kappa shape index (κ2) is 4.44. The van der Waals surface area contributed by atoms with Gasteiger partial charge in [0.2, 0.25) is 0 Å². The number of nitrogens with zero attached hydrogens (tertiary/aromatic N) is 1. The van der Waals surface area contributed by atoms with Gasteiger partial charge in [-0.05, 0) is 37.6 Å². The summed E-state index contributed by atoms with van der Waals surface area (Å²) < 4.78 is 37.9. The highest BCUT2D eigenvalue weighted by Gasteiger charge is 2.30. The van der Waals surface area contributed by atoms with E-state index in [2.05, 4.69) is 4.98 Å². The van der Waals surface area contributed by atoms with Crippen molar-refractivity contribution in [3.8, 4) is 11.3 Å². The number of hydrogen-bond acceptors (Lipinski definition) is 1. The molecule has 1 nitrogen and oxygen atoms in total. The Hall–Kier alpha value is -1.84. The smallest absolute Gasteiger partial charge is 0.253 e. The number of alkyl halides is 3. The summed E-state index contributed by atoms with van der Waals surface area (Å²) in [4.78, 5) is 4.30. The average molecular weight is 251 g/mol. The molecule has 0 unspecified atom stereocenters. The van der Waals surface area contributed by atoms with Gasteiger partial charge in [-0.3, -0.25) is 4.98 Å². The quantitative estimate of drug-likeness (QED) is 0.732. The van der Waals surface area contributed by atoms with Gasteiger partial charge in [0.15, 0.2) is 0 Å². The van der Waals surface area contributed by atoms with E-state index in [0.29, 0.717) is 11.3 Å². The van der Waals surface area contributed by atoms with E-state index in [1.165, 1.54) is 6.07 Å². The van der Waals surface area contributed by atoms with Crippen LogP contribution in [0.4, 0.5) is 13.2 Å². The third-order valence-electron chi connectivity index (χ3n) is 2.70. The Morgan fingerprint density at radius 2 is 1.72 bits per heavy atom. The summed E-state index contributed by atoms with van der Waals surface area (Å²) in [6.45, 7) is 3.65. The molecule has 1 heterocycles. The zero-order valence-electron chi connectivity index (χ0n) is 10.0. The number of benzene rings is 1. The first-order valence-corrected chi connectivity index (χ1v) is 5.50. The van der Waals surface area contributed by atoms with Gasteiger partial charge >= 0.3 is 6.18 Å². The summed E-state index contributed by atoms with van der Waals surface area (Å²) in [5.74, 6) is 0. The highest BCUT2D eigenvalue weighted by molar-refractivity contribution is 5.64. The molecule has 0 amide bonds. The number of halogens is 3. The minimum atomic E-state index is -4.33. The molecule has 0 atom stereocenters. The Morgan fingerprint density at radius 1 is 1.00 bits per heavy atom. The van der Waals surface area contributed by atoms with Gasteiger partial charge < -0.3 is 0 Å². The van der Waals surface area contributed by atoms with E-state index in [1.807, 2.05) is 26.0 Å². The molecule has 0 spiro atoms. The molecule has 0 saturated heterocycles. The molecule has 2 rings (SSSR count). The molecule has 0 aliphatic carbocycles.